The topological polar surface area (TPSA) is 29.5 Å². The van der Waals surface area contributed by atoms with E-state index in [0.29, 0.717) is 0 Å². The second-order valence-electron chi connectivity index (χ2n) is 1.98. The number of terminal acetylenes is 1. The molecule has 0 aromatic carbocycles. The summed E-state index contributed by atoms with van der Waals surface area (Å²) < 4.78 is 4.86. The summed E-state index contributed by atoms with van der Waals surface area (Å²) in [6, 6.07) is 0. The fourth-order valence-corrected chi connectivity index (χ4v) is 0.560. The highest BCUT2D eigenvalue weighted by Gasteiger charge is 2.11. The predicted molar refractivity (Wildman–Crippen MR) is 35.9 cm³/mol. The first kappa shape index (κ1) is 8.48. The van der Waals surface area contributed by atoms with E-state index in [1.54, 1.807) is 0 Å². The minimum Gasteiger partial charge on any atom is -0.396 e. The number of hydrogen-bond acceptors (Lipinski definition) is 2. The molecule has 2 atom stereocenters. The van der Waals surface area contributed by atoms with Crippen molar-refractivity contribution < 1.29 is 9.84 Å². The Kier molecular flexibility index (Phi) is 4.12. The Morgan fingerprint density at radius 3 is 2.44 bits per heavy atom. The van der Waals surface area contributed by atoms with E-state index in [0.717, 1.165) is 0 Å². The van der Waals surface area contributed by atoms with Crippen molar-refractivity contribution in [3.8, 4) is 12.3 Å². The van der Waals surface area contributed by atoms with Crippen LogP contribution in [0.15, 0.2) is 0 Å². The van der Waals surface area contributed by atoms with Gasteiger partial charge in [-0.2, -0.15) is 0 Å². The van der Waals surface area contributed by atoms with E-state index in [-0.39, 0.29) is 18.6 Å². The molecule has 0 heterocycles. The van der Waals surface area contributed by atoms with Gasteiger partial charge >= 0.3 is 0 Å². The van der Waals surface area contributed by atoms with Gasteiger partial charge in [-0.15, -0.1) is 6.42 Å². The van der Waals surface area contributed by atoms with Gasteiger partial charge in [-0.3, -0.25) is 0 Å². The van der Waals surface area contributed by atoms with Gasteiger partial charge < -0.3 is 9.84 Å². The molecule has 52 valence electrons. The van der Waals surface area contributed by atoms with Crippen molar-refractivity contribution in [2.75, 3.05) is 13.7 Å². The molecule has 0 radical (unpaired) electrons. The van der Waals surface area contributed by atoms with Gasteiger partial charge in [0.1, 0.15) is 6.10 Å². The molecule has 0 aliphatic rings. The molecule has 0 aromatic heterocycles. The van der Waals surface area contributed by atoms with Crippen molar-refractivity contribution >= 4 is 0 Å². The maximum atomic E-state index is 8.59. The summed E-state index contributed by atoms with van der Waals surface area (Å²) in [6.07, 6.45) is 4.82. The number of aliphatic hydroxyl groups is 1. The summed E-state index contributed by atoms with van der Waals surface area (Å²) in [4.78, 5) is 0. The number of methoxy groups -OCH3 is 1. The Morgan fingerprint density at radius 2 is 2.33 bits per heavy atom. The normalized spacial score (nSPS) is 16.2. The lowest BCUT2D eigenvalue weighted by Gasteiger charge is -2.13. The summed E-state index contributed by atoms with van der Waals surface area (Å²) in [6.45, 7) is 1.91. The highest BCUT2D eigenvalue weighted by atomic mass is 16.5. The van der Waals surface area contributed by atoms with Crippen LogP contribution in [-0.2, 0) is 4.74 Å². The van der Waals surface area contributed by atoms with Crippen LogP contribution >= 0.6 is 0 Å². The van der Waals surface area contributed by atoms with Crippen LogP contribution in [0.5, 0.6) is 0 Å². The zero-order valence-electron chi connectivity index (χ0n) is 5.79. The lowest BCUT2D eigenvalue weighted by atomic mass is 10.1. The smallest absolute Gasteiger partial charge is 0.122 e. The average molecular weight is 128 g/mol. The molecule has 2 heteroatoms. The summed E-state index contributed by atoms with van der Waals surface area (Å²) >= 11 is 0. The molecule has 0 aliphatic carbocycles. The van der Waals surface area contributed by atoms with Crippen molar-refractivity contribution in [2.24, 2.45) is 5.92 Å². The standard InChI is InChI=1S/C7H12O2/c1-4-7(9-3)6(2)5-8/h1,6-8H,5H2,2-3H3/t6-,7-/m1/s1. The molecule has 0 amide bonds. The lowest BCUT2D eigenvalue weighted by Crippen LogP contribution is -2.21. The van der Waals surface area contributed by atoms with Gasteiger partial charge in [0.25, 0.3) is 0 Å². The molecule has 9 heavy (non-hydrogen) atoms. The van der Waals surface area contributed by atoms with Crippen molar-refractivity contribution in [2.45, 2.75) is 13.0 Å². The minimum absolute atomic E-state index is 0.0278. The summed E-state index contributed by atoms with van der Waals surface area (Å²) in [5.41, 5.74) is 0. The average Bonchev–Trinajstić information content (AvgIpc) is 1.90. The van der Waals surface area contributed by atoms with Crippen molar-refractivity contribution in [1.29, 1.82) is 0 Å². The van der Waals surface area contributed by atoms with E-state index < -0.39 is 0 Å². The van der Waals surface area contributed by atoms with Crippen LogP contribution in [0.3, 0.4) is 0 Å². The van der Waals surface area contributed by atoms with Crippen LogP contribution in [0.1, 0.15) is 6.92 Å². The summed E-state index contributed by atoms with van der Waals surface area (Å²) in [7, 11) is 1.54. The molecule has 0 bridgehead atoms. The van der Waals surface area contributed by atoms with E-state index in [9.17, 15) is 0 Å². The molecule has 0 saturated heterocycles. The maximum absolute atomic E-state index is 8.59. The largest absolute Gasteiger partial charge is 0.396 e. The monoisotopic (exact) mass is 128 g/mol. The van der Waals surface area contributed by atoms with Gasteiger partial charge in [0.2, 0.25) is 0 Å². The molecular weight excluding hydrogens is 116 g/mol. The second-order valence-corrected chi connectivity index (χ2v) is 1.98. The molecular formula is C7H12O2. The van der Waals surface area contributed by atoms with E-state index >= 15 is 0 Å². The quantitative estimate of drug-likeness (QED) is 0.552. The molecule has 1 N–H and O–H groups in total. The van der Waals surface area contributed by atoms with Crippen LogP contribution in [0.4, 0.5) is 0 Å². The maximum Gasteiger partial charge on any atom is 0.122 e. The fourth-order valence-electron chi connectivity index (χ4n) is 0.560. The third-order valence-electron chi connectivity index (χ3n) is 1.22. The van der Waals surface area contributed by atoms with E-state index in [1.807, 2.05) is 6.92 Å². The van der Waals surface area contributed by atoms with Crippen LogP contribution in [0.2, 0.25) is 0 Å². The van der Waals surface area contributed by atoms with Crippen molar-refractivity contribution in [1.82, 2.24) is 0 Å². The van der Waals surface area contributed by atoms with E-state index in [1.165, 1.54) is 7.11 Å². The van der Waals surface area contributed by atoms with Crippen molar-refractivity contribution in [3.05, 3.63) is 0 Å². The molecule has 0 spiro atoms. The number of hydrogen-bond donors (Lipinski definition) is 1. The van der Waals surface area contributed by atoms with Gasteiger partial charge in [0, 0.05) is 19.6 Å². The second kappa shape index (κ2) is 4.37. The zero-order chi connectivity index (χ0) is 7.28. The third-order valence-corrected chi connectivity index (χ3v) is 1.22. The van der Waals surface area contributed by atoms with Crippen LogP contribution < -0.4 is 0 Å². The van der Waals surface area contributed by atoms with Gasteiger partial charge in [-0.25, -0.2) is 0 Å². The highest BCUT2D eigenvalue weighted by Crippen LogP contribution is 2.02. The Hall–Kier alpha value is -0.520. The van der Waals surface area contributed by atoms with Crippen molar-refractivity contribution in [3.63, 3.8) is 0 Å². The summed E-state index contributed by atoms with van der Waals surface area (Å²) in [5, 5.41) is 8.59. The van der Waals surface area contributed by atoms with Gasteiger partial charge in [0.15, 0.2) is 0 Å². The van der Waals surface area contributed by atoms with E-state index in [4.69, 9.17) is 16.3 Å². The van der Waals surface area contributed by atoms with Crippen LogP contribution in [-0.4, -0.2) is 24.9 Å². The summed E-state index contributed by atoms with van der Waals surface area (Å²) in [5.74, 6) is 2.45. The van der Waals surface area contributed by atoms with E-state index in [2.05, 4.69) is 5.92 Å². The number of aliphatic hydroxyl groups excluding tert-OH is 1. The molecule has 0 unspecified atom stereocenters. The molecule has 0 fully saturated rings. The van der Waals surface area contributed by atoms with Crippen LogP contribution in [0, 0.1) is 18.3 Å². The predicted octanol–water partition coefficient (Wildman–Crippen LogP) is 0.263. The molecule has 0 aromatic rings. The third kappa shape index (κ3) is 2.50. The Morgan fingerprint density at radius 1 is 1.78 bits per heavy atom. The first-order chi connectivity index (χ1) is 4.26. The zero-order valence-corrected chi connectivity index (χ0v) is 5.79. The first-order valence-electron chi connectivity index (χ1n) is 2.86. The Balaban J connectivity index is 3.68. The minimum atomic E-state index is -0.255. The molecule has 0 saturated carbocycles. The molecule has 0 aliphatic heterocycles. The molecule has 2 nitrogen and oxygen atoms in total. The Bertz CT molecular complexity index is 104. The SMILES string of the molecule is C#C[C@@H](OC)[C@H](C)CO. The van der Waals surface area contributed by atoms with Gasteiger partial charge in [-0.05, 0) is 0 Å². The van der Waals surface area contributed by atoms with Gasteiger partial charge in [-0.1, -0.05) is 12.8 Å². The van der Waals surface area contributed by atoms with Crippen LogP contribution in [0.25, 0.3) is 0 Å². The number of rotatable bonds is 3. The first-order valence-corrected chi connectivity index (χ1v) is 2.86. The lowest BCUT2D eigenvalue weighted by molar-refractivity contribution is 0.0731. The molecule has 0 rings (SSSR count). The number of ether oxygens (including phenoxy) is 1. The van der Waals surface area contributed by atoms with Gasteiger partial charge in [0.05, 0.1) is 0 Å². The Labute approximate surface area is 55.8 Å². The highest BCUT2D eigenvalue weighted by molar-refractivity contribution is 4.96. The fraction of sp³-hybridized carbons (Fsp3) is 0.714.